The maximum absolute atomic E-state index is 10.9. The lowest BCUT2D eigenvalue weighted by molar-refractivity contribution is -0.385. The van der Waals surface area contributed by atoms with Gasteiger partial charge >= 0.3 is 0 Å². The number of nitrogens with one attached hydrogen (secondary N) is 1. The van der Waals surface area contributed by atoms with Crippen molar-refractivity contribution in [1.29, 1.82) is 0 Å². The molecule has 1 unspecified atom stereocenters. The number of hydrogen-bond acceptors (Lipinski definition) is 4. The summed E-state index contributed by atoms with van der Waals surface area (Å²) < 4.78 is 5.09. The van der Waals surface area contributed by atoms with Crippen molar-refractivity contribution >= 4 is 5.69 Å². The van der Waals surface area contributed by atoms with Crippen LogP contribution >= 0.6 is 0 Å². The average Bonchev–Trinajstić information content (AvgIpc) is 2.38. The molecule has 1 atom stereocenters. The lowest BCUT2D eigenvalue weighted by Crippen LogP contribution is -2.32. The molecule has 1 aromatic rings. The van der Waals surface area contributed by atoms with Gasteiger partial charge in [0.1, 0.15) is 5.75 Å². The van der Waals surface area contributed by atoms with Gasteiger partial charge in [-0.2, -0.15) is 0 Å². The molecule has 0 heterocycles. The summed E-state index contributed by atoms with van der Waals surface area (Å²) in [6.45, 7) is 7.06. The maximum Gasteiger partial charge on any atom is 0.273 e. The van der Waals surface area contributed by atoms with Crippen molar-refractivity contribution in [2.24, 2.45) is 5.92 Å². The SMILES string of the molecule is CCC(NCc1cc(OC)cc([N+](=O)[O-])c1)C(C)C. The van der Waals surface area contributed by atoms with E-state index in [0.29, 0.717) is 24.3 Å². The first-order valence-corrected chi connectivity index (χ1v) is 6.53. The molecule has 0 aliphatic carbocycles. The highest BCUT2D eigenvalue weighted by atomic mass is 16.6. The van der Waals surface area contributed by atoms with E-state index < -0.39 is 4.92 Å². The molecule has 1 N–H and O–H groups in total. The Bertz CT molecular complexity index is 433. The normalized spacial score (nSPS) is 12.5. The summed E-state index contributed by atoms with van der Waals surface area (Å²) in [6, 6.07) is 5.25. The van der Waals surface area contributed by atoms with Crippen molar-refractivity contribution in [2.45, 2.75) is 39.8 Å². The largest absolute Gasteiger partial charge is 0.496 e. The molecule has 0 bridgehead atoms. The number of non-ortho nitro benzene ring substituents is 1. The summed E-state index contributed by atoms with van der Waals surface area (Å²) in [4.78, 5) is 10.5. The molecule has 0 radical (unpaired) electrons. The Hall–Kier alpha value is -1.62. The number of benzene rings is 1. The zero-order valence-corrected chi connectivity index (χ0v) is 12.0. The van der Waals surface area contributed by atoms with Crippen molar-refractivity contribution in [1.82, 2.24) is 5.32 Å². The first-order chi connectivity index (χ1) is 8.97. The number of ether oxygens (including phenoxy) is 1. The van der Waals surface area contributed by atoms with Crippen LogP contribution in [0.25, 0.3) is 0 Å². The Kier molecular flexibility index (Phi) is 5.76. The fourth-order valence-corrected chi connectivity index (χ4v) is 2.07. The molecule has 0 saturated carbocycles. The van der Waals surface area contributed by atoms with Crippen molar-refractivity contribution in [3.05, 3.63) is 33.9 Å². The fraction of sp³-hybridized carbons (Fsp3) is 0.571. The number of nitro benzene ring substituents is 1. The van der Waals surface area contributed by atoms with Crippen LogP contribution in [0.15, 0.2) is 18.2 Å². The van der Waals surface area contributed by atoms with Gasteiger partial charge in [0.25, 0.3) is 5.69 Å². The Labute approximate surface area is 114 Å². The molecule has 106 valence electrons. The topological polar surface area (TPSA) is 64.4 Å². The molecular weight excluding hydrogens is 244 g/mol. The van der Waals surface area contributed by atoms with Crippen molar-refractivity contribution < 1.29 is 9.66 Å². The second-order valence-electron chi connectivity index (χ2n) is 4.94. The number of nitrogens with zero attached hydrogens (tertiary/aromatic N) is 1. The molecule has 1 aromatic carbocycles. The maximum atomic E-state index is 10.9. The van der Waals surface area contributed by atoms with E-state index in [0.717, 1.165) is 12.0 Å². The van der Waals surface area contributed by atoms with E-state index in [-0.39, 0.29) is 5.69 Å². The Morgan fingerprint density at radius 1 is 1.37 bits per heavy atom. The van der Waals surface area contributed by atoms with Crippen molar-refractivity contribution in [3.63, 3.8) is 0 Å². The second kappa shape index (κ2) is 7.09. The number of nitro groups is 1. The summed E-state index contributed by atoms with van der Waals surface area (Å²) in [5.74, 6) is 1.05. The molecule has 0 spiro atoms. The van der Waals surface area contributed by atoms with Gasteiger partial charge in [-0.3, -0.25) is 10.1 Å². The van der Waals surface area contributed by atoms with Crippen LogP contribution in [0, 0.1) is 16.0 Å². The summed E-state index contributed by atoms with van der Waals surface area (Å²) in [6.07, 6.45) is 1.03. The van der Waals surface area contributed by atoms with E-state index in [1.807, 2.05) is 6.07 Å². The molecule has 0 aliphatic rings. The van der Waals surface area contributed by atoms with Crippen molar-refractivity contribution in [2.75, 3.05) is 7.11 Å². The predicted molar refractivity (Wildman–Crippen MR) is 75.4 cm³/mol. The van der Waals surface area contributed by atoms with Gasteiger partial charge in [0.15, 0.2) is 0 Å². The summed E-state index contributed by atoms with van der Waals surface area (Å²) >= 11 is 0. The summed E-state index contributed by atoms with van der Waals surface area (Å²) in [5.41, 5.74) is 0.930. The minimum absolute atomic E-state index is 0.0637. The lowest BCUT2D eigenvalue weighted by atomic mass is 10.0. The minimum atomic E-state index is -0.397. The molecule has 0 aromatic heterocycles. The molecule has 1 rings (SSSR count). The van der Waals surface area contributed by atoms with E-state index >= 15 is 0 Å². The average molecular weight is 266 g/mol. The Morgan fingerprint density at radius 2 is 2.05 bits per heavy atom. The Morgan fingerprint density at radius 3 is 2.53 bits per heavy atom. The van der Waals surface area contributed by atoms with Crippen LogP contribution < -0.4 is 10.1 Å². The van der Waals surface area contributed by atoms with E-state index in [2.05, 4.69) is 26.1 Å². The number of hydrogen-bond donors (Lipinski definition) is 1. The standard InChI is InChI=1S/C14H22N2O3/c1-5-14(10(2)3)15-9-11-6-12(16(17)18)8-13(7-11)19-4/h6-8,10,14-15H,5,9H2,1-4H3. The minimum Gasteiger partial charge on any atom is -0.496 e. The highest BCUT2D eigenvalue weighted by Gasteiger charge is 2.13. The molecule has 19 heavy (non-hydrogen) atoms. The van der Waals surface area contributed by atoms with Crippen LogP contribution in [0.3, 0.4) is 0 Å². The highest BCUT2D eigenvalue weighted by Crippen LogP contribution is 2.22. The third-order valence-corrected chi connectivity index (χ3v) is 3.21. The van der Waals surface area contributed by atoms with Crippen LogP contribution in [-0.2, 0) is 6.54 Å². The quantitative estimate of drug-likeness (QED) is 0.608. The van der Waals surface area contributed by atoms with E-state index in [1.165, 1.54) is 13.2 Å². The van der Waals surface area contributed by atoms with Gasteiger partial charge in [0.2, 0.25) is 0 Å². The smallest absolute Gasteiger partial charge is 0.273 e. The van der Waals surface area contributed by atoms with Crippen LogP contribution in [-0.4, -0.2) is 18.1 Å². The molecular formula is C14H22N2O3. The van der Waals surface area contributed by atoms with E-state index in [4.69, 9.17) is 4.74 Å². The first kappa shape index (κ1) is 15.4. The molecule has 5 heteroatoms. The zero-order chi connectivity index (χ0) is 14.4. The molecule has 5 nitrogen and oxygen atoms in total. The number of rotatable bonds is 7. The van der Waals surface area contributed by atoms with Crippen LogP contribution in [0.5, 0.6) is 5.75 Å². The van der Waals surface area contributed by atoms with Crippen LogP contribution in [0.4, 0.5) is 5.69 Å². The van der Waals surface area contributed by atoms with Gasteiger partial charge in [0, 0.05) is 18.7 Å². The van der Waals surface area contributed by atoms with Gasteiger partial charge in [-0.05, 0) is 24.0 Å². The predicted octanol–water partition coefficient (Wildman–Crippen LogP) is 3.13. The zero-order valence-electron chi connectivity index (χ0n) is 12.0. The monoisotopic (exact) mass is 266 g/mol. The van der Waals surface area contributed by atoms with Gasteiger partial charge in [-0.1, -0.05) is 20.8 Å². The van der Waals surface area contributed by atoms with Gasteiger partial charge in [-0.25, -0.2) is 0 Å². The molecule has 0 saturated heterocycles. The highest BCUT2D eigenvalue weighted by molar-refractivity contribution is 5.42. The number of methoxy groups -OCH3 is 1. The summed E-state index contributed by atoms with van der Waals surface area (Å²) in [5, 5.41) is 14.3. The molecule has 0 fully saturated rings. The van der Waals surface area contributed by atoms with Crippen molar-refractivity contribution in [3.8, 4) is 5.75 Å². The van der Waals surface area contributed by atoms with Gasteiger partial charge in [-0.15, -0.1) is 0 Å². The van der Waals surface area contributed by atoms with Crippen LogP contribution in [0.2, 0.25) is 0 Å². The van der Waals surface area contributed by atoms with Crippen LogP contribution in [0.1, 0.15) is 32.8 Å². The summed E-state index contributed by atoms with van der Waals surface area (Å²) in [7, 11) is 1.51. The third kappa shape index (κ3) is 4.52. The second-order valence-corrected chi connectivity index (χ2v) is 4.94. The third-order valence-electron chi connectivity index (χ3n) is 3.21. The fourth-order valence-electron chi connectivity index (χ4n) is 2.07. The van der Waals surface area contributed by atoms with Gasteiger partial charge in [0.05, 0.1) is 18.1 Å². The molecule has 0 aliphatic heterocycles. The lowest BCUT2D eigenvalue weighted by Gasteiger charge is -2.20. The first-order valence-electron chi connectivity index (χ1n) is 6.53. The molecule has 0 amide bonds. The van der Waals surface area contributed by atoms with Gasteiger partial charge < -0.3 is 10.1 Å². The Balaban J connectivity index is 2.82. The van der Waals surface area contributed by atoms with E-state index in [1.54, 1.807) is 6.07 Å². The van der Waals surface area contributed by atoms with E-state index in [9.17, 15) is 10.1 Å².